The minimum Gasteiger partial charge on any atom is -0.493 e. The van der Waals surface area contributed by atoms with E-state index in [0.717, 1.165) is 34.4 Å². The standard InChI is InChI=1S/C20H23FN2O2/c1-13-8-15(10-16(21)9-13)14-4-5-19-17(11-14)18(6-7-25-19)22-20(24)12-23(2)3/h4-5,8-11,18H,6-7,12H2,1-3H3,(H,22,24). The van der Waals surface area contributed by atoms with E-state index in [0.29, 0.717) is 13.2 Å². The molecule has 0 aliphatic carbocycles. The highest BCUT2D eigenvalue weighted by Gasteiger charge is 2.23. The molecule has 0 aromatic heterocycles. The smallest absolute Gasteiger partial charge is 0.234 e. The molecule has 0 bridgehead atoms. The topological polar surface area (TPSA) is 41.6 Å². The molecule has 1 N–H and O–H groups in total. The predicted molar refractivity (Wildman–Crippen MR) is 96.1 cm³/mol. The van der Waals surface area contributed by atoms with Crippen LogP contribution in [0.4, 0.5) is 4.39 Å². The van der Waals surface area contributed by atoms with Gasteiger partial charge in [-0.15, -0.1) is 0 Å². The summed E-state index contributed by atoms with van der Waals surface area (Å²) in [6, 6.07) is 10.7. The number of ether oxygens (including phenoxy) is 1. The Kier molecular flexibility index (Phi) is 5.04. The highest BCUT2D eigenvalue weighted by Crippen LogP contribution is 2.35. The Balaban J connectivity index is 1.91. The number of hydrogen-bond donors (Lipinski definition) is 1. The van der Waals surface area contributed by atoms with E-state index in [1.807, 2.05) is 50.2 Å². The van der Waals surface area contributed by atoms with Crippen molar-refractivity contribution >= 4 is 5.91 Å². The summed E-state index contributed by atoms with van der Waals surface area (Å²) in [6.07, 6.45) is 0.720. The summed E-state index contributed by atoms with van der Waals surface area (Å²) in [7, 11) is 3.73. The lowest BCUT2D eigenvalue weighted by molar-refractivity contribution is -0.122. The van der Waals surface area contributed by atoms with Crippen LogP contribution in [0.5, 0.6) is 5.75 Å². The maximum absolute atomic E-state index is 13.7. The van der Waals surface area contributed by atoms with Gasteiger partial charge in [0.25, 0.3) is 0 Å². The minimum atomic E-state index is -0.250. The Morgan fingerprint density at radius 2 is 2.04 bits per heavy atom. The first kappa shape index (κ1) is 17.4. The lowest BCUT2D eigenvalue weighted by atomic mass is 9.95. The Morgan fingerprint density at radius 1 is 1.24 bits per heavy atom. The molecule has 3 rings (SSSR count). The Bertz CT molecular complexity index is 769. The van der Waals surface area contributed by atoms with Gasteiger partial charge in [0.2, 0.25) is 5.91 Å². The zero-order valence-electron chi connectivity index (χ0n) is 14.8. The molecular weight excluding hydrogens is 319 g/mol. The quantitative estimate of drug-likeness (QED) is 0.927. The van der Waals surface area contributed by atoms with Gasteiger partial charge in [-0.3, -0.25) is 4.79 Å². The largest absolute Gasteiger partial charge is 0.493 e. The van der Waals surface area contributed by atoms with Crippen molar-refractivity contribution in [2.24, 2.45) is 0 Å². The van der Waals surface area contributed by atoms with Crippen molar-refractivity contribution in [1.82, 2.24) is 10.2 Å². The van der Waals surface area contributed by atoms with Crippen molar-refractivity contribution in [3.05, 3.63) is 53.3 Å². The summed E-state index contributed by atoms with van der Waals surface area (Å²) in [5.74, 6) is 0.507. The molecule has 0 saturated heterocycles. The molecule has 0 fully saturated rings. The fourth-order valence-corrected chi connectivity index (χ4v) is 3.15. The maximum atomic E-state index is 13.7. The monoisotopic (exact) mass is 342 g/mol. The van der Waals surface area contributed by atoms with E-state index in [1.54, 1.807) is 0 Å². The van der Waals surface area contributed by atoms with Crippen LogP contribution in [-0.2, 0) is 4.79 Å². The molecule has 0 saturated carbocycles. The summed E-state index contributed by atoms with van der Waals surface area (Å²) in [5.41, 5.74) is 3.56. The van der Waals surface area contributed by atoms with Gasteiger partial charge in [0.15, 0.2) is 0 Å². The first-order valence-corrected chi connectivity index (χ1v) is 8.41. The molecule has 1 unspecified atom stereocenters. The Morgan fingerprint density at radius 3 is 2.76 bits per heavy atom. The van der Waals surface area contributed by atoms with Gasteiger partial charge in [-0.2, -0.15) is 0 Å². The van der Waals surface area contributed by atoms with Crippen LogP contribution in [0.1, 0.15) is 23.6 Å². The molecule has 0 radical (unpaired) electrons. The first-order chi connectivity index (χ1) is 11.9. The molecule has 4 nitrogen and oxygen atoms in total. The van der Waals surface area contributed by atoms with Crippen molar-refractivity contribution in [3.63, 3.8) is 0 Å². The molecule has 0 spiro atoms. The maximum Gasteiger partial charge on any atom is 0.234 e. The first-order valence-electron chi connectivity index (χ1n) is 8.41. The molecule has 1 aliphatic rings. The molecule has 5 heteroatoms. The van der Waals surface area contributed by atoms with E-state index in [4.69, 9.17) is 4.74 Å². The Hall–Kier alpha value is -2.40. The van der Waals surface area contributed by atoms with Crippen LogP contribution in [0.25, 0.3) is 11.1 Å². The summed E-state index contributed by atoms with van der Waals surface area (Å²) >= 11 is 0. The molecule has 1 amide bonds. The van der Waals surface area contributed by atoms with Crippen LogP contribution in [-0.4, -0.2) is 38.1 Å². The van der Waals surface area contributed by atoms with E-state index >= 15 is 0 Å². The molecule has 1 heterocycles. The number of carbonyl (C=O) groups excluding carboxylic acids is 1. The third kappa shape index (κ3) is 4.17. The van der Waals surface area contributed by atoms with Gasteiger partial charge in [0.1, 0.15) is 11.6 Å². The van der Waals surface area contributed by atoms with Crippen LogP contribution in [0, 0.1) is 12.7 Å². The highest BCUT2D eigenvalue weighted by molar-refractivity contribution is 5.79. The Labute approximate surface area is 147 Å². The van der Waals surface area contributed by atoms with E-state index in [-0.39, 0.29) is 17.8 Å². The third-order valence-electron chi connectivity index (χ3n) is 4.22. The molecule has 1 aliphatic heterocycles. The fraction of sp³-hybridized carbons (Fsp3) is 0.350. The lowest BCUT2D eigenvalue weighted by Crippen LogP contribution is -2.37. The van der Waals surface area contributed by atoms with Gasteiger partial charge in [-0.05, 0) is 62.0 Å². The normalized spacial score (nSPS) is 16.3. The number of amides is 1. The SMILES string of the molecule is Cc1cc(F)cc(-c2ccc3c(c2)C(NC(=O)CN(C)C)CCO3)c1. The predicted octanol–water partition coefficient (Wildman–Crippen LogP) is 3.30. The number of likely N-dealkylation sites (N-methyl/N-ethyl adjacent to an activating group) is 1. The molecule has 2 aromatic rings. The number of aryl methyl sites for hydroxylation is 1. The summed E-state index contributed by atoms with van der Waals surface area (Å²) in [6.45, 7) is 2.78. The molecule has 1 atom stereocenters. The van der Waals surface area contributed by atoms with Crippen molar-refractivity contribution in [2.45, 2.75) is 19.4 Å². The average Bonchev–Trinajstić information content (AvgIpc) is 2.53. The van der Waals surface area contributed by atoms with Crippen LogP contribution in [0.2, 0.25) is 0 Å². The van der Waals surface area contributed by atoms with Crippen molar-refractivity contribution < 1.29 is 13.9 Å². The second kappa shape index (κ2) is 7.23. The van der Waals surface area contributed by atoms with Crippen LogP contribution >= 0.6 is 0 Å². The third-order valence-corrected chi connectivity index (χ3v) is 4.22. The van der Waals surface area contributed by atoms with Gasteiger partial charge >= 0.3 is 0 Å². The van der Waals surface area contributed by atoms with E-state index in [1.165, 1.54) is 12.1 Å². The van der Waals surface area contributed by atoms with Gasteiger partial charge in [0.05, 0.1) is 19.2 Å². The highest BCUT2D eigenvalue weighted by atomic mass is 19.1. The van der Waals surface area contributed by atoms with Crippen LogP contribution in [0.3, 0.4) is 0 Å². The molecule has 2 aromatic carbocycles. The minimum absolute atomic E-state index is 0.0187. The number of benzene rings is 2. The zero-order valence-corrected chi connectivity index (χ0v) is 14.8. The number of nitrogens with zero attached hydrogens (tertiary/aromatic N) is 1. The second-order valence-electron chi connectivity index (χ2n) is 6.76. The molecule has 25 heavy (non-hydrogen) atoms. The number of hydrogen-bond acceptors (Lipinski definition) is 3. The number of rotatable bonds is 4. The van der Waals surface area contributed by atoms with Gasteiger partial charge in [0, 0.05) is 12.0 Å². The van der Waals surface area contributed by atoms with E-state index in [2.05, 4.69) is 5.32 Å². The van der Waals surface area contributed by atoms with Crippen LogP contribution < -0.4 is 10.1 Å². The number of fused-ring (bicyclic) bond motifs is 1. The van der Waals surface area contributed by atoms with Crippen molar-refractivity contribution in [3.8, 4) is 16.9 Å². The second-order valence-corrected chi connectivity index (χ2v) is 6.76. The molecule has 132 valence electrons. The number of carbonyl (C=O) groups is 1. The fourth-order valence-electron chi connectivity index (χ4n) is 3.15. The van der Waals surface area contributed by atoms with Crippen LogP contribution in [0.15, 0.2) is 36.4 Å². The van der Waals surface area contributed by atoms with Gasteiger partial charge < -0.3 is 15.0 Å². The zero-order chi connectivity index (χ0) is 18.0. The summed E-state index contributed by atoms with van der Waals surface area (Å²) in [4.78, 5) is 14.0. The van der Waals surface area contributed by atoms with E-state index in [9.17, 15) is 9.18 Å². The summed E-state index contributed by atoms with van der Waals surface area (Å²) < 4.78 is 19.5. The van der Waals surface area contributed by atoms with E-state index < -0.39 is 0 Å². The van der Waals surface area contributed by atoms with Gasteiger partial charge in [-0.25, -0.2) is 4.39 Å². The number of halogens is 1. The van der Waals surface area contributed by atoms with Gasteiger partial charge in [-0.1, -0.05) is 12.1 Å². The van der Waals surface area contributed by atoms with Crippen molar-refractivity contribution in [1.29, 1.82) is 0 Å². The lowest BCUT2D eigenvalue weighted by Gasteiger charge is -2.28. The van der Waals surface area contributed by atoms with Crippen molar-refractivity contribution in [2.75, 3.05) is 27.2 Å². The average molecular weight is 342 g/mol. The molecular formula is C20H23FN2O2. The number of nitrogens with one attached hydrogen (secondary N) is 1. The summed E-state index contributed by atoms with van der Waals surface area (Å²) in [5, 5.41) is 3.07.